The number of hydrogen-bond acceptors (Lipinski definition) is 6. The van der Waals surface area contributed by atoms with Crippen LogP contribution in [0, 0.1) is 6.92 Å². The van der Waals surface area contributed by atoms with Gasteiger partial charge in [0.2, 0.25) is 5.13 Å². The van der Waals surface area contributed by atoms with Crippen molar-refractivity contribution in [3.05, 3.63) is 73.9 Å². The standard InChI is InChI=1S/C21H15Cl2N3O2S2/c1-12-3-5-13(6-4-12)11-24-26(20(27)15-10-18(22)30-19(15)23)21-25-16-8-7-14(28-2)9-17(16)29-21/h3-11H,1-2H3/b24-11+. The Balaban J connectivity index is 1.77. The predicted octanol–water partition coefficient (Wildman–Crippen LogP) is 6.66. The number of fused-ring (bicyclic) bond motifs is 1. The van der Waals surface area contributed by atoms with Crippen LogP contribution in [0.3, 0.4) is 0 Å². The van der Waals surface area contributed by atoms with Gasteiger partial charge >= 0.3 is 0 Å². The fraction of sp³-hybridized carbons (Fsp3) is 0.0952. The molecule has 0 spiro atoms. The zero-order valence-corrected chi connectivity index (χ0v) is 19.1. The first kappa shape index (κ1) is 20.8. The molecule has 4 rings (SSSR count). The lowest BCUT2D eigenvalue weighted by atomic mass is 10.2. The molecule has 5 nitrogen and oxygen atoms in total. The molecule has 0 fully saturated rings. The van der Waals surface area contributed by atoms with Gasteiger partial charge in [-0.2, -0.15) is 10.1 Å². The van der Waals surface area contributed by atoms with E-state index in [9.17, 15) is 4.79 Å². The number of thiophene rings is 1. The van der Waals surface area contributed by atoms with E-state index < -0.39 is 5.91 Å². The topological polar surface area (TPSA) is 54.8 Å². The van der Waals surface area contributed by atoms with Gasteiger partial charge in [0.05, 0.1) is 33.4 Å². The fourth-order valence-corrected chi connectivity index (χ4v) is 5.07. The lowest BCUT2D eigenvalue weighted by molar-refractivity contribution is 0.0988. The van der Waals surface area contributed by atoms with E-state index in [1.54, 1.807) is 19.4 Å². The quantitative estimate of drug-likeness (QED) is 0.239. The molecule has 0 saturated carbocycles. The Morgan fingerprint density at radius 3 is 2.57 bits per heavy atom. The van der Waals surface area contributed by atoms with E-state index in [-0.39, 0.29) is 5.56 Å². The molecule has 0 radical (unpaired) electrons. The Labute approximate surface area is 191 Å². The van der Waals surface area contributed by atoms with Gasteiger partial charge in [-0.05, 0) is 36.8 Å². The Morgan fingerprint density at radius 1 is 1.13 bits per heavy atom. The van der Waals surface area contributed by atoms with Crippen LogP contribution < -0.4 is 9.75 Å². The van der Waals surface area contributed by atoms with Crippen LogP contribution in [-0.2, 0) is 0 Å². The third kappa shape index (κ3) is 4.34. The van der Waals surface area contributed by atoms with E-state index in [4.69, 9.17) is 27.9 Å². The monoisotopic (exact) mass is 475 g/mol. The van der Waals surface area contributed by atoms with Gasteiger partial charge < -0.3 is 4.74 Å². The summed E-state index contributed by atoms with van der Waals surface area (Å²) in [6, 6.07) is 14.9. The summed E-state index contributed by atoms with van der Waals surface area (Å²) in [7, 11) is 1.60. The molecule has 9 heteroatoms. The molecular weight excluding hydrogens is 461 g/mol. The number of methoxy groups -OCH3 is 1. The van der Waals surface area contributed by atoms with Gasteiger partial charge in [0.1, 0.15) is 10.1 Å². The number of hydrogen-bond donors (Lipinski definition) is 0. The highest BCUT2D eigenvalue weighted by atomic mass is 35.5. The molecule has 30 heavy (non-hydrogen) atoms. The van der Waals surface area contributed by atoms with Crippen LogP contribution in [0.15, 0.2) is 53.6 Å². The fourth-order valence-electron chi connectivity index (χ4n) is 2.68. The molecule has 4 aromatic rings. The largest absolute Gasteiger partial charge is 0.497 e. The number of halogens is 2. The van der Waals surface area contributed by atoms with Crippen LogP contribution >= 0.6 is 45.9 Å². The minimum Gasteiger partial charge on any atom is -0.497 e. The zero-order valence-electron chi connectivity index (χ0n) is 15.9. The van der Waals surface area contributed by atoms with Crippen molar-refractivity contribution in [1.29, 1.82) is 0 Å². The van der Waals surface area contributed by atoms with E-state index >= 15 is 0 Å². The van der Waals surface area contributed by atoms with Crippen molar-refractivity contribution in [2.45, 2.75) is 6.92 Å². The van der Waals surface area contributed by atoms with Crippen molar-refractivity contribution >= 4 is 73.3 Å². The number of amides is 1. The lowest BCUT2D eigenvalue weighted by Crippen LogP contribution is -2.25. The summed E-state index contributed by atoms with van der Waals surface area (Å²) in [5, 5.41) is 6.11. The molecule has 2 aromatic heterocycles. The number of thiazole rings is 1. The molecule has 152 valence electrons. The second-order valence-electron chi connectivity index (χ2n) is 6.34. The Bertz CT molecular complexity index is 1250. The van der Waals surface area contributed by atoms with Crippen molar-refractivity contribution in [2.75, 3.05) is 12.1 Å². The number of ether oxygens (including phenoxy) is 1. The maximum atomic E-state index is 13.3. The molecule has 0 atom stereocenters. The first-order chi connectivity index (χ1) is 14.4. The van der Waals surface area contributed by atoms with Crippen molar-refractivity contribution < 1.29 is 9.53 Å². The second kappa shape index (κ2) is 8.73. The summed E-state index contributed by atoms with van der Waals surface area (Å²) in [4.78, 5) is 17.9. The summed E-state index contributed by atoms with van der Waals surface area (Å²) < 4.78 is 6.90. The van der Waals surface area contributed by atoms with Gasteiger partial charge in [0, 0.05) is 0 Å². The Kier molecular flexibility index (Phi) is 6.06. The number of hydrazone groups is 1. The van der Waals surface area contributed by atoms with Crippen LogP contribution in [0.25, 0.3) is 10.2 Å². The molecule has 0 unspecified atom stereocenters. The highest BCUT2D eigenvalue weighted by Crippen LogP contribution is 2.36. The summed E-state index contributed by atoms with van der Waals surface area (Å²) in [6.07, 6.45) is 1.62. The van der Waals surface area contributed by atoms with Crippen LogP contribution in [0.2, 0.25) is 8.67 Å². The highest BCUT2D eigenvalue weighted by Gasteiger charge is 2.25. The van der Waals surface area contributed by atoms with Crippen LogP contribution in [0.1, 0.15) is 21.5 Å². The van der Waals surface area contributed by atoms with Crippen LogP contribution in [-0.4, -0.2) is 24.2 Å². The molecule has 0 bridgehead atoms. The van der Waals surface area contributed by atoms with E-state index in [0.717, 1.165) is 32.7 Å². The second-order valence-corrected chi connectivity index (χ2v) is 9.63. The number of nitrogens with zero attached hydrogens (tertiary/aromatic N) is 3. The predicted molar refractivity (Wildman–Crippen MR) is 126 cm³/mol. The maximum Gasteiger partial charge on any atom is 0.283 e. The third-order valence-corrected chi connectivity index (χ3v) is 6.73. The molecule has 0 aliphatic rings. The van der Waals surface area contributed by atoms with Crippen LogP contribution in [0.4, 0.5) is 5.13 Å². The van der Waals surface area contributed by atoms with Crippen molar-refractivity contribution in [2.24, 2.45) is 5.10 Å². The van der Waals surface area contributed by atoms with Gasteiger partial charge in [-0.1, -0.05) is 64.4 Å². The molecule has 1 amide bonds. The zero-order chi connectivity index (χ0) is 21.3. The Morgan fingerprint density at radius 2 is 1.90 bits per heavy atom. The number of aromatic nitrogens is 1. The Hall–Kier alpha value is -2.45. The summed E-state index contributed by atoms with van der Waals surface area (Å²) >= 11 is 14.7. The van der Waals surface area contributed by atoms with Gasteiger partial charge in [0.25, 0.3) is 5.91 Å². The molecule has 0 aliphatic carbocycles. The maximum absolute atomic E-state index is 13.3. The SMILES string of the molecule is COc1ccc2nc(N(/N=C/c3ccc(C)cc3)C(=O)c3cc(Cl)sc3Cl)sc2c1. The van der Waals surface area contributed by atoms with Gasteiger partial charge in [-0.15, -0.1) is 11.3 Å². The van der Waals surface area contributed by atoms with Gasteiger partial charge in [-0.3, -0.25) is 4.79 Å². The molecule has 2 aromatic carbocycles. The molecular formula is C21H15Cl2N3O2S2. The smallest absolute Gasteiger partial charge is 0.283 e. The summed E-state index contributed by atoms with van der Waals surface area (Å²) in [6.45, 7) is 2.01. The molecule has 0 saturated heterocycles. The first-order valence-electron chi connectivity index (χ1n) is 8.79. The summed E-state index contributed by atoms with van der Waals surface area (Å²) in [5.74, 6) is 0.309. The van der Waals surface area contributed by atoms with Gasteiger partial charge in [0.15, 0.2) is 0 Å². The minimum atomic E-state index is -0.405. The molecule has 0 aliphatic heterocycles. The van der Waals surface area contributed by atoms with Crippen LogP contribution in [0.5, 0.6) is 5.75 Å². The minimum absolute atomic E-state index is 0.282. The average molecular weight is 476 g/mol. The normalized spacial score (nSPS) is 11.3. The number of rotatable bonds is 5. The van der Waals surface area contributed by atoms with E-state index in [1.807, 2.05) is 49.4 Å². The number of aryl methyl sites for hydroxylation is 1. The van der Waals surface area contributed by atoms with Crippen molar-refractivity contribution in [1.82, 2.24) is 4.98 Å². The number of benzene rings is 2. The number of anilines is 1. The number of carbonyl (C=O) groups is 1. The van der Waals surface area contributed by atoms with E-state index in [2.05, 4.69) is 10.1 Å². The van der Waals surface area contributed by atoms with Crippen molar-refractivity contribution in [3.8, 4) is 5.75 Å². The van der Waals surface area contributed by atoms with E-state index in [0.29, 0.717) is 19.6 Å². The third-order valence-electron chi connectivity index (χ3n) is 4.24. The molecule has 2 heterocycles. The average Bonchev–Trinajstić information content (AvgIpc) is 3.30. The summed E-state index contributed by atoms with van der Waals surface area (Å²) in [5.41, 5.74) is 3.02. The van der Waals surface area contributed by atoms with Crippen molar-refractivity contribution in [3.63, 3.8) is 0 Å². The highest BCUT2D eigenvalue weighted by molar-refractivity contribution is 7.22. The molecule has 0 N–H and O–H groups in total. The van der Waals surface area contributed by atoms with E-state index in [1.165, 1.54) is 16.3 Å². The first-order valence-corrected chi connectivity index (χ1v) is 11.2. The van der Waals surface area contributed by atoms with Gasteiger partial charge in [-0.25, -0.2) is 4.98 Å². The number of carbonyl (C=O) groups excluding carboxylic acids is 1. The lowest BCUT2D eigenvalue weighted by Gasteiger charge is -2.13.